The number of nitrogens with zero attached hydrogens (tertiary/aromatic N) is 1. The van der Waals surface area contributed by atoms with E-state index < -0.39 is 10.0 Å². The Balaban J connectivity index is 0.00000338. The molecule has 0 aromatic heterocycles. The van der Waals surface area contributed by atoms with E-state index in [1.54, 1.807) is 0 Å². The maximum Gasteiger partial charge on any atom is 0.213 e. The van der Waals surface area contributed by atoms with Gasteiger partial charge in [0.05, 0.1) is 24.5 Å². The Morgan fingerprint density at radius 3 is 2.46 bits per heavy atom. The van der Waals surface area contributed by atoms with Crippen LogP contribution in [0.1, 0.15) is 39.0 Å². The summed E-state index contributed by atoms with van der Waals surface area (Å²) in [6.07, 6.45) is 5.37. The van der Waals surface area contributed by atoms with Crippen molar-refractivity contribution in [2.45, 2.75) is 51.2 Å². The van der Waals surface area contributed by atoms with Crippen LogP contribution in [0.15, 0.2) is 4.99 Å². The van der Waals surface area contributed by atoms with E-state index in [4.69, 9.17) is 9.47 Å². The summed E-state index contributed by atoms with van der Waals surface area (Å²) in [7, 11) is -3.32. The van der Waals surface area contributed by atoms with E-state index in [0.29, 0.717) is 25.6 Å². The zero-order valence-corrected chi connectivity index (χ0v) is 18.7. The Bertz CT molecular complexity index is 506. The second kappa shape index (κ2) is 13.1. The third kappa shape index (κ3) is 9.67. The molecule has 2 heterocycles. The molecule has 0 bridgehead atoms. The Morgan fingerprint density at radius 2 is 1.81 bits per heavy atom. The maximum absolute atomic E-state index is 12.1. The second-order valence-electron chi connectivity index (χ2n) is 6.44. The van der Waals surface area contributed by atoms with Crippen molar-refractivity contribution in [1.82, 2.24) is 15.4 Å². The van der Waals surface area contributed by atoms with Crippen molar-refractivity contribution in [3.05, 3.63) is 0 Å². The second-order valence-corrected chi connectivity index (χ2v) is 8.36. The van der Waals surface area contributed by atoms with Gasteiger partial charge in [-0.1, -0.05) is 0 Å². The summed E-state index contributed by atoms with van der Waals surface area (Å²) in [6, 6.07) is 0. The van der Waals surface area contributed by atoms with Crippen LogP contribution in [-0.2, 0) is 19.5 Å². The number of sulfonamides is 1. The van der Waals surface area contributed by atoms with Gasteiger partial charge in [0.15, 0.2) is 5.96 Å². The van der Waals surface area contributed by atoms with Crippen molar-refractivity contribution in [2.24, 2.45) is 4.99 Å². The molecule has 2 saturated heterocycles. The van der Waals surface area contributed by atoms with Crippen molar-refractivity contribution in [1.29, 1.82) is 0 Å². The number of aliphatic imine (C=N–C) groups is 1. The van der Waals surface area contributed by atoms with Crippen LogP contribution < -0.4 is 15.4 Å². The smallest absolute Gasteiger partial charge is 0.213 e. The molecule has 3 N–H and O–H groups in total. The Labute approximate surface area is 174 Å². The summed E-state index contributed by atoms with van der Waals surface area (Å²) < 4.78 is 37.9. The monoisotopic (exact) mass is 504 g/mol. The van der Waals surface area contributed by atoms with E-state index in [2.05, 4.69) is 20.3 Å². The average Bonchev–Trinajstić information content (AvgIpc) is 3.12. The molecule has 0 radical (unpaired) electrons. The van der Waals surface area contributed by atoms with Crippen LogP contribution in [0, 0.1) is 0 Å². The van der Waals surface area contributed by atoms with Crippen molar-refractivity contribution < 1.29 is 17.9 Å². The first kappa shape index (κ1) is 23.9. The van der Waals surface area contributed by atoms with Gasteiger partial charge in [-0.2, -0.15) is 0 Å². The van der Waals surface area contributed by atoms with Gasteiger partial charge in [0.1, 0.15) is 0 Å². The number of nitrogens with one attached hydrogen (secondary N) is 3. The summed E-state index contributed by atoms with van der Waals surface area (Å²) in [4.78, 5) is 4.47. The lowest BCUT2D eigenvalue weighted by Crippen LogP contribution is -2.42. The number of halogens is 1. The molecule has 0 spiro atoms. The number of rotatable bonds is 9. The van der Waals surface area contributed by atoms with Gasteiger partial charge in [-0.3, -0.25) is 4.99 Å². The molecule has 0 aliphatic carbocycles. The van der Waals surface area contributed by atoms with Gasteiger partial charge >= 0.3 is 0 Å². The van der Waals surface area contributed by atoms with Crippen molar-refractivity contribution in [3.63, 3.8) is 0 Å². The molecule has 0 saturated carbocycles. The largest absolute Gasteiger partial charge is 0.377 e. The molecule has 0 amide bonds. The highest BCUT2D eigenvalue weighted by Crippen LogP contribution is 2.12. The zero-order chi connectivity index (χ0) is 18.0. The van der Waals surface area contributed by atoms with E-state index in [9.17, 15) is 8.42 Å². The van der Waals surface area contributed by atoms with Gasteiger partial charge in [0.2, 0.25) is 10.0 Å². The minimum Gasteiger partial charge on any atom is -0.377 e. The Hall–Kier alpha value is -0.170. The van der Waals surface area contributed by atoms with Gasteiger partial charge in [-0.05, 0) is 39.0 Å². The molecule has 26 heavy (non-hydrogen) atoms. The first-order valence-corrected chi connectivity index (χ1v) is 11.0. The van der Waals surface area contributed by atoms with Gasteiger partial charge < -0.3 is 20.1 Å². The van der Waals surface area contributed by atoms with E-state index in [1.807, 2.05) is 6.92 Å². The van der Waals surface area contributed by atoms with Crippen LogP contribution >= 0.6 is 24.0 Å². The molecule has 10 heteroatoms. The summed E-state index contributed by atoms with van der Waals surface area (Å²) >= 11 is 0. The average molecular weight is 504 g/mol. The Morgan fingerprint density at radius 1 is 1.08 bits per heavy atom. The zero-order valence-electron chi connectivity index (χ0n) is 15.5. The van der Waals surface area contributed by atoms with Crippen LogP contribution in [0.4, 0.5) is 0 Å². The highest BCUT2D eigenvalue weighted by atomic mass is 127. The number of hydrogen-bond donors (Lipinski definition) is 3. The van der Waals surface area contributed by atoms with Gasteiger partial charge in [0.25, 0.3) is 0 Å². The predicted octanol–water partition coefficient (Wildman–Crippen LogP) is 0.827. The topological polar surface area (TPSA) is 101 Å². The molecular weight excluding hydrogens is 471 g/mol. The SMILES string of the molecule is CCNC(=NCC1CCCO1)NCCS(=O)(=O)NCC1CCCCO1.I. The van der Waals surface area contributed by atoms with Crippen LogP contribution in [0.25, 0.3) is 0 Å². The van der Waals surface area contributed by atoms with E-state index >= 15 is 0 Å². The van der Waals surface area contributed by atoms with E-state index in [1.165, 1.54) is 0 Å². The summed E-state index contributed by atoms with van der Waals surface area (Å²) in [6.45, 7) is 5.49. The maximum atomic E-state index is 12.1. The third-order valence-electron chi connectivity index (χ3n) is 4.29. The van der Waals surface area contributed by atoms with Crippen molar-refractivity contribution in [2.75, 3.05) is 45.1 Å². The van der Waals surface area contributed by atoms with Crippen molar-refractivity contribution in [3.8, 4) is 0 Å². The van der Waals surface area contributed by atoms with Gasteiger partial charge in [-0.15, -0.1) is 24.0 Å². The molecule has 2 unspecified atom stereocenters. The van der Waals surface area contributed by atoms with Crippen molar-refractivity contribution >= 4 is 40.0 Å². The lowest BCUT2D eigenvalue weighted by atomic mass is 10.1. The number of hydrogen-bond acceptors (Lipinski definition) is 5. The molecular formula is C16H33IN4O4S. The first-order valence-electron chi connectivity index (χ1n) is 9.32. The van der Waals surface area contributed by atoms with Gasteiger partial charge in [0, 0.05) is 32.8 Å². The third-order valence-corrected chi connectivity index (χ3v) is 5.64. The molecule has 2 fully saturated rings. The predicted molar refractivity (Wildman–Crippen MR) is 114 cm³/mol. The summed E-state index contributed by atoms with van der Waals surface area (Å²) in [5.74, 6) is 0.633. The normalized spacial score (nSPS) is 24.1. The van der Waals surface area contributed by atoms with Crippen LogP contribution in [0.3, 0.4) is 0 Å². The van der Waals surface area contributed by atoms with E-state index in [-0.39, 0.29) is 41.9 Å². The Kier molecular flexibility index (Phi) is 12.0. The minimum absolute atomic E-state index is 0. The molecule has 2 aliphatic rings. The summed E-state index contributed by atoms with van der Waals surface area (Å²) in [5.41, 5.74) is 0. The fourth-order valence-corrected chi connectivity index (χ4v) is 3.84. The molecule has 8 nitrogen and oxygen atoms in total. The molecule has 2 rings (SSSR count). The standard InChI is InChI=1S/C16H32N4O4S.HI/c1-2-17-16(19-12-14-7-5-10-24-14)18-8-11-25(21,22)20-13-15-6-3-4-9-23-15;/h14-15,20H,2-13H2,1H3,(H2,17,18,19);1H. The van der Waals surface area contributed by atoms with Crippen LogP contribution in [0.5, 0.6) is 0 Å². The fourth-order valence-electron chi connectivity index (χ4n) is 2.89. The molecule has 0 aromatic carbocycles. The summed E-state index contributed by atoms with van der Waals surface area (Å²) in [5, 5.41) is 6.20. The highest BCUT2D eigenvalue weighted by molar-refractivity contribution is 14.0. The quantitative estimate of drug-likeness (QED) is 0.244. The molecule has 2 aliphatic heterocycles. The fraction of sp³-hybridized carbons (Fsp3) is 0.938. The highest BCUT2D eigenvalue weighted by Gasteiger charge is 2.18. The van der Waals surface area contributed by atoms with E-state index in [0.717, 1.165) is 51.9 Å². The lowest BCUT2D eigenvalue weighted by Gasteiger charge is -2.22. The van der Waals surface area contributed by atoms with Gasteiger partial charge in [-0.25, -0.2) is 13.1 Å². The molecule has 2 atom stereocenters. The first-order chi connectivity index (χ1) is 12.1. The van der Waals surface area contributed by atoms with Crippen LogP contribution in [-0.4, -0.2) is 71.7 Å². The number of ether oxygens (including phenoxy) is 2. The minimum atomic E-state index is -3.32. The molecule has 0 aromatic rings. The van der Waals surface area contributed by atoms with Crippen LogP contribution in [0.2, 0.25) is 0 Å². The number of guanidine groups is 1. The lowest BCUT2D eigenvalue weighted by molar-refractivity contribution is 0.0200. The molecule has 154 valence electrons.